The van der Waals surface area contributed by atoms with Crippen LogP contribution in [0.3, 0.4) is 0 Å². The van der Waals surface area contributed by atoms with Gasteiger partial charge in [0, 0.05) is 5.69 Å². The average Bonchev–Trinajstić information content (AvgIpc) is 2.17. The SMILES string of the molecule is C=Cc1ccc(C(F)(F)F)cc1NC=O. The molecule has 0 spiro atoms. The molecular weight excluding hydrogens is 207 g/mol. The van der Waals surface area contributed by atoms with E-state index in [-0.39, 0.29) is 5.69 Å². The highest BCUT2D eigenvalue weighted by Gasteiger charge is 2.30. The second kappa shape index (κ2) is 4.16. The van der Waals surface area contributed by atoms with Crippen LogP contribution in [-0.4, -0.2) is 6.41 Å². The lowest BCUT2D eigenvalue weighted by Gasteiger charge is -2.10. The zero-order valence-corrected chi connectivity index (χ0v) is 7.64. The van der Waals surface area contributed by atoms with E-state index in [0.717, 1.165) is 12.1 Å². The number of hydrogen-bond donors (Lipinski definition) is 1. The molecule has 0 aliphatic heterocycles. The van der Waals surface area contributed by atoms with Crippen LogP contribution in [0.1, 0.15) is 11.1 Å². The predicted molar refractivity (Wildman–Crippen MR) is 51.2 cm³/mol. The number of nitrogens with one attached hydrogen (secondary N) is 1. The molecule has 80 valence electrons. The van der Waals surface area contributed by atoms with Crippen LogP contribution in [0.25, 0.3) is 6.08 Å². The lowest BCUT2D eigenvalue weighted by molar-refractivity contribution is -0.137. The molecule has 1 aromatic carbocycles. The van der Waals surface area contributed by atoms with Crippen LogP contribution in [0.15, 0.2) is 24.8 Å². The van der Waals surface area contributed by atoms with Crippen molar-refractivity contribution in [3.63, 3.8) is 0 Å². The van der Waals surface area contributed by atoms with Crippen LogP contribution in [0.2, 0.25) is 0 Å². The molecule has 1 aromatic rings. The number of amides is 1. The number of carbonyl (C=O) groups is 1. The van der Waals surface area contributed by atoms with Crippen molar-refractivity contribution in [2.75, 3.05) is 5.32 Å². The Labute approximate surface area is 84.4 Å². The molecule has 0 unspecified atom stereocenters. The normalized spacial score (nSPS) is 10.9. The van der Waals surface area contributed by atoms with Gasteiger partial charge in [-0.3, -0.25) is 4.79 Å². The zero-order valence-electron chi connectivity index (χ0n) is 7.64. The summed E-state index contributed by atoms with van der Waals surface area (Å²) in [6, 6.07) is 3.06. The van der Waals surface area contributed by atoms with Gasteiger partial charge in [0.25, 0.3) is 0 Å². The van der Waals surface area contributed by atoms with Crippen LogP contribution < -0.4 is 5.32 Å². The first-order valence-electron chi connectivity index (χ1n) is 4.03. The van der Waals surface area contributed by atoms with Gasteiger partial charge < -0.3 is 5.32 Å². The van der Waals surface area contributed by atoms with Crippen molar-refractivity contribution in [1.29, 1.82) is 0 Å². The molecule has 0 atom stereocenters. The standard InChI is InChI=1S/C10H8F3NO/c1-2-7-3-4-8(10(11,12)13)5-9(7)14-6-15/h2-6H,1H2,(H,14,15). The number of hydrogen-bond acceptors (Lipinski definition) is 1. The zero-order chi connectivity index (χ0) is 11.5. The minimum absolute atomic E-state index is 0.0924. The Morgan fingerprint density at radius 1 is 1.33 bits per heavy atom. The third kappa shape index (κ3) is 2.59. The second-order valence-electron chi connectivity index (χ2n) is 2.77. The van der Waals surface area contributed by atoms with Gasteiger partial charge in [-0.25, -0.2) is 0 Å². The molecule has 0 fully saturated rings. The fourth-order valence-corrected chi connectivity index (χ4v) is 1.10. The van der Waals surface area contributed by atoms with E-state index in [4.69, 9.17) is 0 Å². The molecule has 1 rings (SSSR count). The predicted octanol–water partition coefficient (Wildman–Crippen LogP) is 2.92. The van der Waals surface area contributed by atoms with Crippen LogP contribution in [0, 0.1) is 0 Å². The van der Waals surface area contributed by atoms with Gasteiger partial charge in [-0.1, -0.05) is 18.7 Å². The van der Waals surface area contributed by atoms with Gasteiger partial charge in [-0.2, -0.15) is 13.2 Å². The molecular formula is C10H8F3NO. The molecule has 0 heterocycles. The highest BCUT2D eigenvalue weighted by atomic mass is 19.4. The second-order valence-corrected chi connectivity index (χ2v) is 2.77. The van der Waals surface area contributed by atoms with Crippen LogP contribution >= 0.6 is 0 Å². The molecule has 0 aliphatic rings. The van der Waals surface area contributed by atoms with E-state index in [0.29, 0.717) is 12.0 Å². The number of anilines is 1. The van der Waals surface area contributed by atoms with E-state index in [2.05, 4.69) is 11.9 Å². The van der Waals surface area contributed by atoms with Crippen LogP contribution in [0.4, 0.5) is 18.9 Å². The Morgan fingerprint density at radius 2 is 2.00 bits per heavy atom. The number of alkyl halides is 3. The largest absolute Gasteiger partial charge is 0.416 e. The third-order valence-corrected chi connectivity index (χ3v) is 1.81. The maximum absolute atomic E-state index is 12.3. The molecule has 0 aromatic heterocycles. The van der Waals surface area contributed by atoms with E-state index in [9.17, 15) is 18.0 Å². The molecule has 1 N–H and O–H groups in total. The summed E-state index contributed by atoms with van der Waals surface area (Å²) in [7, 11) is 0. The van der Waals surface area contributed by atoms with Gasteiger partial charge in [0.2, 0.25) is 6.41 Å². The maximum atomic E-state index is 12.3. The van der Waals surface area contributed by atoms with Crippen molar-refractivity contribution in [2.45, 2.75) is 6.18 Å². The monoisotopic (exact) mass is 215 g/mol. The number of halogens is 3. The molecule has 0 radical (unpaired) electrons. The van der Waals surface area contributed by atoms with Crippen molar-refractivity contribution < 1.29 is 18.0 Å². The Morgan fingerprint density at radius 3 is 2.47 bits per heavy atom. The molecule has 5 heteroatoms. The van der Waals surface area contributed by atoms with Gasteiger partial charge in [0.05, 0.1) is 5.56 Å². The van der Waals surface area contributed by atoms with Gasteiger partial charge >= 0.3 is 6.18 Å². The molecule has 1 amide bonds. The summed E-state index contributed by atoms with van der Waals surface area (Å²) < 4.78 is 36.9. The molecule has 0 saturated carbocycles. The van der Waals surface area contributed by atoms with E-state index < -0.39 is 11.7 Å². The number of carbonyl (C=O) groups excluding carboxylic acids is 1. The highest BCUT2D eigenvalue weighted by molar-refractivity contribution is 5.78. The van der Waals surface area contributed by atoms with Crippen molar-refractivity contribution >= 4 is 18.2 Å². The average molecular weight is 215 g/mol. The first-order valence-corrected chi connectivity index (χ1v) is 4.03. The number of benzene rings is 1. The summed E-state index contributed by atoms with van der Waals surface area (Å²) in [5.41, 5.74) is -0.276. The summed E-state index contributed by atoms with van der Waals surface area (Å²) in [6.07, 6.45) is -2.73. The van der Waals surface area contributed by atoms with Gasteiger partial charge in [-0.05, 0) is 17.7 Å². The third-order valence-electron chi connectivity index (χ3n) is 1.81. The minimum Gasteiger partial charge on any atom is -0.328 e. The van der Waals surface area contributed by atoms with Crippen molar-refractivity contribution in [3.8, 4) is 0 Å². The summed E-state index contributed by atoms with van der Waals surface area (Å²) in [5, 5.41) is 2.19. The van der Waals surface area contributed by atoms with Crippen molar-refractivity contribution in [3.05, 3.63) is 35.9 Å². The Balaban J connectivity index is 3.21. The lowest BCUT2D eigenvalue weighted by Crippen LogP contribution is -2.06. The van der Waals surface area contributed by atoms with E-state index in [1.807, 2.05) is 0 Å². The molecule has 0 bridgehead atoms. The molecule has 0 saturated heterocycles. The van der Waals surface area contributed by atoms with Gasteiger partial charge in [-0.15, -0.1) is 0 Å². The van der Waals surface area contributed by atoms with Crippen molar-refractivity contribution in [1.82, 2.24) is 0 Å². The fraction of sp³-hybridized carbons (Fsp3) is 0.100. The van der Waals surface area contributed by atoms with Crippen LogP contribution in [-0.2, 0) is 11.0 Å². The topological polar surface area (TPSA) is 29.1 Å². The lowest BCUT2D eigenvalue weighted by atomic mass is 10.1. The van der Waals surface area contributed by atoms with Crippen molar-refractivity contribution in [2.24, 2.45) is 0 Å². The smallest absolute Gasteiger partial charge is 0.328 e. The Hall–Kier alpha value is -1.78. The van der Waals surface area contributed by atoms with E-state index >= 15 is 0 Å². The fourth-order valence-electron chi connectivity index (χ4n) is 1.10. The summed E-state index contributed by atoms with van der Waals surface area (Å²) in [4.78, 5) is 10.2. The Bertz CT molecular complexity index is 385. The minimum atomic E-state index is -4.42. The maximum Gasteiger partial charge on any atom is 0.416 e. The highest BCUT2D eigenvalue weighted by Crippen LogP contribution is 2.32. The molecule has 2 nitrogen and oxygen atoms in total. The quantitative estimate of drug-likeness (QED) is 0.771. The molecule has 15 heavy (non-hydrogen) atoms. The number of rotatable bonds is 3. The van der Waals surface area contributed by atoms with E-state index in [1.54, 1.807) is 0 Å². The Kier molecular flexibility index (Phi) is 3.14. The van der Waals surface area contributed by atoms with Gasteiger partial charge in [0.1, 0.15) is 0 Å². The first kappa shape index (κ1) is 11.3. The summed E-state index contributed by atoms with van der Waals surface area (Å²) >= 11 is 0. The summed E-state index contributed by atoms with van der Waals surface area (Å²) in [6.45, 7) is 3.43. The van der Waals surface area contributed by atoms with E-state index in [1.165, 1.54) is 12.1 Å². The first-order chi connectivity index (χ1) is 6.99. The van der Waals surface area contributed by atoms with Crippen LogP contribution in [0.5, 0.6) is 0 Å². The summed E-state index contributed by atoms with van der Waals surface area (Å²) in [5.74, 6) is 0. The molecule has 0 aliphatic carbocycles. The van der Waals surface area contributed by atoms with Gasteiger partial charge in [0.15, 0.2) is 0 Å².